The minimum atomic E-state index is 0.00850. The monoisotopic (exact) mass is 423 g/mol. The summed E-state index contributed by atoms with van der Waals surface area (Å²) in [5.74, 6) is 0.708. The van der Waals surface area contributed by atoms with Gasteiger partial charge in [0.1, 0.15) is 0 Å². The van der Waals surface area contributed by atoms with Gasteiger partial charge in [-0.15, -0.1) is 0 Å². The quantitative estimate of drug-likeness (QED) is 0.430. The van der Waals surface area contributed by atoms with Crippen LogP contribution >= 0.6 is 11.8 Å². The van der Waals surface area contributed by atoms with E-state index < -0.39 is 0 Å². The lowest BCUT2D eigenvalue weighted by atomic mass is 10.1. The molecule has 1 saturated heterocycles. The Bertz CT molecular complexity index is 947. The van der Waals surface area contributed by atoms with E-state index in [-0.39, 0.29) is 5.91 Å². The minimum Gasteiger partial charge on any atom is -0.352 e. The topological polar surface area (TPSA) is 64.3 Å². The summed E-state index contributed by atoms with van der Waals surface area (Å²) in [6.07, 6.45) is 0.978. The number of nitrogens with zero attached hydrogens (tertiary/aromatic N) is 3. The van der Waals surface area contributed by atoms with Gasteiger partial charge in [-0.05, 0) is 43.8 Å². The summed E-state index contributed by atoms with van der Waals surface area (Å²) in [5.41, 5.74) is 3.78. The van der Waals surface area contributed by atoms with Crippen LogP contribution in [0.15, 0.2) is 53.7 Å². The van der Waals surface area contributed by atoms with Crippen LogP contribution in [0.4, 0.5) is 0 Å². The zero-order chi connectivity index (χ0) is 20.8. The molecular weight excluding hydrogens is 394 g/mol. The molecule has 0 atom stereocenters. The van der Waals surface area contributed by atoms with E-state index in [1.54, 1.807) is 11.8 Å². The van der Waals surface area contributed by atoms with Crippen LogP contribution < -0.4 is 5.32 Å². The van der Waals surface area contributed by atoms with E-state index in [9.17, 15) is 4.79 Å². The van der Waals surface area contributed by atoms with Crippen LogP contribution in [0, 0.1) is 0 Å². The number of nitrogens with one attached hydrogen (secondary N) is 2. The number of likely N-dealkylation sites (N-methyl/N-ethyl adjacent to an activating group) is 1. The number of hydrogen-bond donors (Lipinski definition) is 2. The Kier molecular flexibility index (Phi) is 7.04. The molecule has 0 radical (unpaired) electrons. The first kappa shape index (κ1) is 20.9. The third-order valence-electron chi connectivity index (χ3n) is 5.53. The normalized spacial score (nSPS) is 15.5. The zero-order valence-electron chi connectivity index (χ0n) is 17.4. The molecule has 1 amide bonds. The first-order valence-electron chi connectivity index (χ1n) is 10.5. The Morgan fingerprint density at radius 2 is 1.87 bits per heavy atom. The van der Waals surface area contributed by atoms with Crippen LogP contribution in [0.2, 0.25) is 0 Å². The number of aromatic amines is 1. The van der Waals surface area contributed by atoms with E-state index >= 15 is 0 Å². The predicted octanol–water partition coefficient (Wildman–Crippen LogP) is 3.22. The fourth-order valence-electron chi connectivity index (χ4n) is 3.68. The second-order valence-corrected chi connectivity index (χ2v) is 8.72. The largest absolute Gasteiger partial charge is 0.352 e. The lowest BCUT2D eigenvalue weighted by Crippen LogP contribution is -2.45. The smallest absolute Gasteiger partial charge is 0.251 e. The van der Waals surface area contributed by atoms with Crippen LogP contribution in [0.25, 0.3) is 11.0 Å². The molecule has 6 nitrogen and oxygen atoms in total. The molecule has 0 saturated carbocycles. The van der Waals surface area contributed by atoms with Crippen molar-refractivity contribution in [1.82, 2.24) is 25.1 Å². The highest BCUT2D eigenvalue weighted by molar-refractivity contribution is 7.98. The highest BCUT2D eigenvalue weighted by Crippen LogP contribution is 2.24. The van der Waals surface area contributed by atoms with Crippen molar-refractivity contribution in [3.05, 3.63) is 59.7 Å². The van der Waals surface area contributed by atoms with Gasteiger partial charge < -0.3 is 20.1 Å². The van der Waals surface area contributed by atoms with Crippen molar-refractivity contribution in [3.63, 3.8) is 0 Å². The maximum Gasteiger partial charge on any atom is 0.251 e. The van der Waals surface area contributed by atoms with Gasteiger partial charge in [0.05, 0.1) is 11.0 Å². The number of H-pyrrole nitrogens is 1. The Labute approximate surface area is 182 Å². The Balaban J connectivity index is 1.28. The van der Waals surface area contributed by atoms with Crippen LogP contribution in [0.3, 0.4) is 0 Å². The minimum absolute atomic E-state index is 0.00850. The van der Waals surface area contributed by atoms with E-state index in [4.69, 9.17) is 0 Å². The van der Waals surface area contributed by atoms with Crippen LogP contribution in [-0.2, 0) is 5.75 Å². The number of piperazine rings is 1. The first-order valence-corrected chi connectivity index (χ1v) is 11.5. The van der Waals surface area contributed by atoms with Crippen molar-refractivity contribution in [2.45, 2.75) is 17.3 Å². The molecule has 0 unspecified atom stereocenters. The molecule has 1 fully saturated rings. The van der Waals surface area contributed by atoms with Gasteiger partial charge >= 0.3 is 0 Å². The van der Waals surface area contributed by atoms with Gasteiger partial charge in [-0.1, -0.05) is 42.1 Å². The molecule has 0 bridgehead atoms. The number of rotatable bonds is 8. The molecule has 0 spiro atoms. The number of imidazole rings is 1. The average Bonchev–Trinajstić information content (AvgIpc) is 3.19. The molecule has 0 aliphatic carbocycles. The summed E-state index contributed by atoms with van der Waals surface area (Å²) in [7, 11) is 2.17. The number of thioether (sulfide) groups is 1. The Morgan fingerprint density at radius 1 is 1.10 bits per heavy atom. The molecular formula is C23H29N5OS. The van der Waals surface area contributed by atoms with Gasteiger partial charge in [0, 0.05) is 44.0 Å². The van der Waals surface area contributed by atoms with Crippen molar-refractivity contribution < 1.29 is 4.79 Å². The maximum absolute atomic E-state index is 12.7. The summed E-state index contributed by atoms with van der Waals surface area (Å²) < 4.78 is 0. The van der Waals surface area contributed by atoms with E-state index in [2.05, 4.69) is 32.1 Å². The van der Waals surface area contributed by atoms with Crippen LogP contribution in [-0.4, -0.2) is 72.0 Å². The molecule has 1 aliphatic heterocycles. The summed E-state index contributed by atoms with van der Waals surface area (Å²) in [4.78, 5) is 25.5. The van der Waals surface area contributed by atoms with Gasteiger partial charge in [-0.2, -0.15) is 0 Å². The third-order valence-corrected chi connectivity index (χ3v) is 6.45. The molecule has 7 heteroatoms. The molecule has 1 aromatic heterocycles. The van der Waals surface area contributed by atoms with Crippen molar-refractivity contribution in [3.8, 4) is 0 Å². The third kappa shape index (κ3) is 5.41. The molecule has 4 rings (SSSR count). The Hall–Kier alpha value is -2.35. The van der Waals surface area contributed by atoms with Crippen LogP contribution in [0.1, 0.15) is 22.3 Å². The van der Waals surface area contributed by atoms with Gasteiger partial charge in [-0.25, -0.2) is 4.98 Å². The first-order chi connectivity index (χ1) is 14.7. The number of hydrogen-bond acceptors (Lipinski definition) is 5. The molecule has 2 aromatic carbocycles. The van der Waals surface area contributed by atoms with Crippen LogP contribution in [0.5, 0.6) is 0 Å². The molecule has 30 heavy (non-hydrogen) atoms. The highest BCUT2D eigenvalue weighted by atomic mass is 32.2. The number of benzene rings is 2. The van der Waals surface area contributed by atoms with E-state index in [1.807, 2.05) is 48.5 Å². The number of para-hydroxylation sites is 2. The van der Waals surface area contributed by atoms with E-state index in [0.29, 0.717) is 12.3 Å². The molecule has 3 aromatic rings. The second-order valence-electron chi connectivity index (χ2n) is 7.76. The van der Waals surface area contributed by atoms with Gasteiger partial charge in [0.15, 0.2) is 5.16 Å². The summed E-state index contributed by atoms with van der Waals surface area (Å²) in [5, 5.41) is 3.97. The van der Waals surface area contributed by atoms with Crippen molar-refractivity contribution in [2.24, 2.45) is 0 Å². The van der Waals surface area contributed by atoms with E-state index in [0.717, 1.165) is 66.5 Å². The lowest BCUT2D eigenvalue weighted by molar-refractivity contribution is 0.0948. The van der Waals surface area contributed by atoms with Gasteiger partial charge in [0.25, 0.3) is 5.91 Å². The lowest BCUT2D eigenvalue weighted by Gasteiger charge is -2.32. The predicted molar refractivity (Wildman–Crippen MR) is 123 cm³/mol. The number of aromatic nitrogens is 2. The summed E-state index contributed by atoms with van der Waals surface area (Å²) in [6.45, 7) is 6.23. The number of amides is 1. The highest BCUT2D eigenvalue weighted by Gasteiger charge is 2.14. The van der Waals surface area contributed by atoms with Gasteiger partial charge in [-0.3, -0.25) is 4.79 Å². The number of fused-ring (bicyclic) bond motifs is 1. The average molecular weight is 424 g/mol. The second kappa shape index (κ2) is 10.1. The molecule has 1 aliphatic rings. The van der Waals surface area contributed by atoms with Crippen molar-refractivity contribution in [1.29, 1.82) is 0 Å². The molecule has 2 N–H and O–H groups in total. The summed E-state index contributed by atoms with van der Waals surface area (Å²) in [6, 6.07) is 15.8. The standard InChI is InChI=1S/C23H29N5OS/c1-27-13-15-28(16-14-27)12-6-11-24-22(29)19-8-3-2-7-18(19)17-30-23-25-20-9-4-5-10-21(20)26-23/h2-5,7-10H,6,11-17H2,1H3,(H,24,29)(H,25,26). The zero-order valence-corrected chi connectivity index (χ0v) is 18.3. The number of carbonyl (C=O) groups excluding carboxylic acids is 1. The fraction of sp³-hybridized carbons (Fsp3) is 0.391. The van der Waals surface area contributed by atoms with Crippen molar-refractivity contribution >= 4 is 28.7 Å². The molecule has 158 valence electrons. The Morgan fingerprint density at radius 3 is 2.70 bits per heavy atom. The van der Waals surface area contributed by atoms with E-state index in [1.165, 1.54) is 0 Å². The van der Waals surface area contributed by atoms with Crippen molar-refractivity contribution in [2.75, 3.05) is 46.3 Å². The maximum atomic E-state index is 12.7. The number of carbonyl (C=O) groups is 1. The van der Waals surface area contributed by atoms with Gasteiger partial charge in [0.2, 0.25) is 0 Å². The SMILES string of the molecule is CN1CCN(CCCNC(=O)c2ccccc2CSc2nc3ccccc3[nH]2)CC1. The fourth-order valence-corrected chi connectivity index (χ4v) is 4.57. The molecule has 2 heterocycles. The summed E-state index contributed by atoms with van der Waals surface area (Å²) >= 11 is 1.62.